The zero-order valence-corrected chi connectivity index (χ0v) is 11.7. The summed E-state index contributed by atoms with van der Waals surface area (Å²) in [6.45, 7) is 4.43. The molecular weight excluding hydrogens is 260 g/mol. The van der Waals surface area contributed by atoms with Crippen LogP contribution < -0.4 is 10.6 Å². The Morgan fingerprint density at radius 3 is 2.79 bits per heavy atom. The van der Waals surface area contributed by atoms with Crippen LogP contribution in [0.25, 0.3) is 0 Å². The van der Waals surface area contributed by atoms with Crippen molar-refractivity contribution < 1.29 is 9.90 Å². The number of rotatable bonds is 8. The van der Waals surface area contributed by atoms with E-state index in [1.807, 2.05) is 36.4 Å². The monoisotopic (exact) mass is 280 g/mol. The fourth-order valence-electron chi connectivity index (χ4n) is 1.45. The van der Waals surface area contributed by atoms with Gasteiger partial charge < -0.3 is 15.7 Å². The minimum Gasteiger partial charge on any atom is -0.387 e. The van der Waals surface area contributed by atoms with Crippen molar-refractivity contribution in [2.75, 3.05) is 24.6 Å². The first-order valence-corrected chi connectivity index (χ1v) is 7.33. The van der Waals surface area contributed by atoms with Crippen molar-refractivity contribution in [1.29, 1.82) is 0 Å². The van der Waals surface area contributed by atoms with E-state index in [2.05, 4.69) is 17.2 Å². The highest BCUT2D eigenvalue weighted by atomic mass is 32.2. The second-order valence-electron chi connectivity index (χ2n) is 3.93. The molecule has 3 N–H and O–H groups in total. The predicted octanol–water partition coefficient (Wildman–Crippen LogP) is 1.94. The molecule has 0 aliphatic heterocycles. The van der Waals surface area contributed by atoms with Crippen LogP contribution in [0.3, 0.4) is 0 Å². The molecule has 0 aliphatic rings. The fourth-order valence-corrected chi connectivity index (χ4v) is 2.03. The van der Waals surface area contributed by atoms with Crippen LogP contribution >= 0.6 is 11.8 Å². The molecule has 2 amide bonds. The first-order valence-electron chi connectivity index (χ1n) is 6.17. The topological polar surface area (TPSA) is 61.4 Å². The van der Waals surface area contributed by atoms with E-state index in [1.165, 1.54) is 0 Å². The average Bonchev–Trinajstić information content (AvgIpc) is 2.45. The van der Waals surface area contributed by atoms with Gasteiger partial charge in [0.15, 0.2) is 0 Å². The van der Waals surface area contributed by atoms with E-state index in [0.29, 0.717) is 6.54 Å². The molecule has 4 nitrogen and oxygen atoms in total. The van der Waals surface area contributed by atoms with Crippen molar-refractivity contribution in [3.05, 3.63) is 48.6 Å². The number of carbonyl (C=O) groups is 1. The molecule has 0 saturated carbocycles. The van der Waals surface area contributed by atoms with Gasteiger partial charge in [-0.25, -0.2) is 4.79 Å². The molecule has 1 aromatic carbocycles. The molecule has 19 heavy (non-hydrogen) atoms. The minimum atomic E-state index is -0.679. The third kappa shape index (κ3) is 6.88. The number of carbonyl (C=O) groups excluding carboxylic acids is 1. The molecule has 1 rings (SSSR count). The fraction of sp³-hybridized carbons (Fsp3) is 0.357. The van der Waals surface area contributed by atoms with Crippen LogP contribution in [0.5, 0.6) is 0 Å². The van der Waals surface area contributed by atoms with Gasteiger partial charge in [0.2, 0.25) is 0 Å². The lowest BCUT2D eigenvalue weighted by Crippen LogP contribution is -2.38. The van der Waals surface area contributed by atoms with Crippen molar-refractivity contribution in [2.45, 2.75) is 6.10 Å². The normalized spacial score (nSPS) is 11.6. The summed E-state index contributed by atoms with van der Waals surface area (Å²) in [5, 5.41) is 15.2. The average molecular weight is 280 g/mol. The van der Waals surface area contributed by atoms with Crippen LogP contribution in [-0.2, 0) is 0 Å². The third-order valence-electron chi connectivity index (χ3n) is 2.41. The summed E-state index contributed by atoms with van der Waals surface area (Å²) >= 11 is 1.71. The Hall–Kier alpha value is -1.46. The van der Waals surface area contributed by atoms with E-state index < -0.39 is 6.10 Å². The molecule has 0 spiro atoms. The van der Waals surface area contributed by atoms with Gasteiger partial charge in [0.1, 0.15) is 0 Å². The molecular formula is C14H20N2O2S. The Labute approximate surface area is 118 Å². The van der Waals surface area contributed by atoms with Crippen LogP contribution in [0.1, 0.15) is 11.7 Å². The van der Waals surface area contributed by atoms with Crippen molar-refractivity contribution in [2.24, 2.45) is 0 Å². The summed E-state index contributed by atoms with van der Waals surface area (Å²) in [5.41, 5.74) is 0.796. The van der Waals surface area contributed by atoms with Crippen LogP contribution in [0.4, 0.5) is 4.79 Å². The maximum absolute atomic E-state index is 11.4. The lowest BCUT2D eigenvalue weighted by molar-refractivity contribution is 0.173. The molecule has 0 aromatic heterocycles. The number of aliphatic hydroxyl groups is 1. The standard InChI is InChI=1S/C14H20N2O2S/c1-2-9-19-10-8-15-14(18)16-11-13(17)12-6-4-3-5-7-12/h2-7,13,17H,1,8-11H2,(H2,15,16,18). The van der Waals surface area contributed by atoms with Crippen molar-refractivity contribution >= 4 is 17.8 Å². The van der Waals surface area contributed by atoms with E-state index in [9.17, 15) is 9.90 Å². The summed E-state index contributed by atoms with van der Waals surface area (Å²) in [7, 11) is 0. The highest BCUT2D eigenvalue weighted by Gasteiger charge is 2.08. The summed E-state index contributed by atoms with van der Waals surface area (Å²) < 4.78 is 0. The Morgan fingerprint density at radius 1 is 1.37 bits per heavy atom. The summed E-state index contributed by atoms with van der Waals surface area (Å²) in [4.78, 5) is 11.4. The highest BCUT2D eigenvalue weighted by Crippen LogP contribution is 2.10. The molecule has 0 aliphatic carbocycles. The Bertz CT molecular complexity index is 384. The van der Waals surface area contributed by atoms with Crippen LogP contribution in [0, 0.1) is 0 Å². The molecule has 104 valence electrons. The number of aliphatic hydroxyl groups excluding tert-OH is 1. The Kier molecular flexibility index (Phi) is 7.77. The smallest absolute Gasteiger partial charge is 0.314 e. The number of thioether (sulfide) groups is 1. The predicted molar refractivity (Wildman–Crippen MR) is 80.3 cm³/mol. The summed E-state index contributed by atoms with van der Waals surface area (Å²) in [6, 6.07) is 9.00. The number of hydrogen-bond donors (Lipinski definition) is 3. The SMILES string of the molecule is C=CCSCCNC(=O)NCC(O)c1ccccc1. The van der Waals surface area contributed by atoms with Crippen molar-refractivity contribution in [3.8, 4) is 0 Å². The van der Waals surface area contributed by atoms with Gasteiger partial charge >= 0.3 is 6.03 Å². The zero-order chi connectivity index (χ0) is 13.9. The summed E-state index contributed by atoms with van der Waals surface area (Å²) in [5.74, 6) is 1.73. The molecule has 0 heterocycles. The minimum absolute atomic E-state index is 0.204. The molecule has 0 bridgehead atoms. The van der Waals surface area contributed by atoms with Crippen molar-refractivity contribution in [3.63, 3.8) is 0 Å². The molecule has 0 saturated heterocycles. The van der Waals surface area contributed by atoms with E-state index in [4.69, 9.17) is 0 Å². The molecule has 0 fully saturated rings. The van der Waals surface area contributed by atoms with Gasteiger partial charge in [-0.2, -0.15) is 11.8 Å². The van der Waals surface area contributed by atoms with Gasteiger partial charge in [-0.3, -0.25) is 0 Å². The van der Waals surface area contributed by atoms with E-state index in [0.717, 1.165) is 17.1 Å². The van der Waals surface area contributed by atoms with Gasteiger partial charge in [0, 0.05) is 24.6 Å². The quantitative estimate of drug-likeness (QED) is 0.504. The van der Waals surface area contributed by atoms with Gasteiger partial charge in [-0.1, -0.05) is 36.4 Å². The number of hydrogen-bond acceptors (Lipinski definition) is 3. The van der Waals surface area contributed by atoms with Gasteiger partial charge in [0.05, 0.1) is 6.10 Å². The number of benzene rings is 1. The van der Waals surface area contributed by atoms with Crippen molar-refractivity contribution in [1.82, 2.24) is 10.6 Å². The Balaban J connectivity index is 2.14. The number of nitrogens with one attached hydrogen (secondary N) is 2. The maximum Gasteiger partial charge on any atom is 0.314 e. The number of urea groups is 1. The molecule has 1 atom stereocenters. The zero-order valence-electron chi connectivity index (χ0n) is 10.8. The number of amides is 2. The van der Waals surface area contributed by atoms with Gasteiger partial charge in [-0.15, -0.1) is 6.58 Å². The van der Waals surface area contributed by atoms with Crippen LogP contribution in [0.2, 0.25) is 0 Å². The van der Waals surface area contributed by atoms with Crippen LogP contribution in [-0.4, -0.2) is 35.7 Å². The lowest BCUT2D eigenvalue weighted by Gasteiger charge is -2.12. The largest absolute Gasteiger partial charge is 0.387 e. The molecule has 0 radical (unpaired) electrons. The molecule has 1 aromatic rings. The van der Waals surface area contributed by atoms with Gasteiger partial charge in [0.25, 0.3) is 0 Å². The first-order chi connectivity index (χ1) is 9.24. The molecule has 5 heteroatoms. The maximum atomic E-state index is 11.4. The first kappa shape index (κ1) is 15.6. The highest BCUT2D eigenvalue weighted by molar-refractivity contribution is 7.99. The van der Waals surface area contributed by atoms with Gasteiger partial charge in [-0.05, 0) is 5.56 Å². The summed E-state index contributed by atoms with van der Waals surface area (Å²) in [6.07, 6.45) is 1.16. The van der Waals surface area contributed by atoms with E-state index in [1.54, 1.807) is 11.8 Å². The second kappa shape index (κ2) is 9.47. The second-order valence-corrected chi connectivity index (χ2v) is 5.08. The van der Waals surface area contributed by atoms with E-state index >= 15 is 0 Å². The Morgan fingerprint density at radius 2 is 2.11 bits per heavy atom. The molecule has 1 unspecified atom stereocenters. The third-order valence-corrected chi connectivity index (χ3v) is 3.37. The van der Waals surface area contributed by atoms with E-state index in [-0.39, 0.29) is 12.6 Å². The van der Waals surface area contributed by atoms with Crippen LogP contribution in [0.15, 0.2) is 43.0 Å². The lowest BCUT2D eigenvalue weighted by atomic mass is 10.1.